The van der Waals surface area contributed by atoms with E-state index in [1.807, 2.05) is 0 Å². The Morgan fingerprint density at radius 2 is 1.67 bits per heavy atom. The van der Waals surface area contributed by atoms with Gasteiger partial charge >= 0.3 is 5.97 Å². The number of amides is 1. The maximum Gasteiger partial charge on any atom is 0.326 e. The predicted molar refractivity (Wildman–Crippen MR) is 137 cm³/mol. The molecule has 4 fully saturated rings. The Morgan fingerprint density at radius 1 is 0.972 bits per heavy atom. The Kier molecular flexibility index (Phi) is 7.87. The Labute approximate surface area is 216 Å². The molecular formula is C29H49NO6. The third-order valence-corrected chi connectivity index (χ3v) is 11.6. The molecule has 36 heavy (non-hydrogen) atoms. The fourth-order valence-corrected chi connectivity index (χ4v) is 9.45. The van der Waals surface area contributed by atoms with E-state index in [-0.39, 0.29) is 70.9 Å². The first kappa shape index (κ1) is 27.8. The summed E-state index contributed by atoms with van der Waals surface area (Å²) < 4.78 is 0. The molecule has 4 rings (SSSR count). The molecule has 0 saturated heterocycles. The summed E-state index contributed by atoms with van der Waals surface area (Å²) >= 11 is 0. The number of aliphatic hydroxyl groups is 3. The second-order valence-corrected chi connectivity index (χ2v) is 13.7. The largest absolute Gasteiger partial charge is 0.480 e. The van der Waals surface area contributed by atoms with Crippen LogP contribution >= 0.6 is 0 Å². The highest BCUT2D eigenvalue weighted by molar-refractivity contribution is 5.83. The van der Waals surface area contributed by atoms with Gasteiger partial charge in [0.1, 0.15) is 6.04 Å². The van der Waals surface area contributed by atoms with E-state index < -0.39 is 18.1 Å². The Hall–Kier alpha value is -1.18. The summed E-state index contributed by atoms with van der Waals surface area (Å²) in [4.78, 5) is 24.0. The van der Waals surface area contributed by atoms with Gasteiger partial charge < -0.3 is 25.7 Å². The molecule has 0 aromatic heterocycles. The monoisotopic (exact) mass is 507 g/mol. The minimum Gasteiger partial charge on any atom is -0.480 e. The molecule has 4 aliphatic rings. The van der Waals surface area contributed by atoms with E-state index in [9.17, 15) is 30.0 Å². The van der Waals surface area contributed by atoms with Crippen LogP contribution in [0.3, 0.4) is 0 Å². The highest BCUT2D eigenvalue weighted by Crippen LogP contribution is 2.68. The molecule has 5 N–H and O–H groups in total. The van der Waals surface area contributed by atoms with Gasteiger partial charge in [-0.15, -0.1) is 0 Å². The van der Waals surface area contributed by atoms with Crippen molar-refractivity contribution in [3.8, 4) is 0 Å². The van der Waals surface area contributed by atoms with Crippen molar-refractivity contribution in [1.29, 1.82) is 0 Å². The van der Waals surface area contributed by atoms with Crippen molar-refractivity contribution in [1.82, 2.24) is 5.32 Å². The minimum absolute atomic E-state index is 0.0598. The first-order valence-electron chi connectivity index (χ1n) is 14.4. The first-order valence-corrected chi connectivity index (χ1v) is 14.4. The van der Waals surface area contributed by atoms with Crippen molar-refractivity contribution in [3.05, 3.63) is 0 Å². The highest BCUT2D eigenvalue weighted by Gasteiger charge is 2.65. The number of carboxylic acid groups (broad SMARTS) is 1. The van der Waals surface area contributed by atoms with Crippen molar-refractivity contribution < 1.29 is 30.0 Å². The summed E-state index contributed by atoms with van der Waals surface area (Å²) in [5.74, 6) is 0.0761. The lowest BCUT2D eigenvalue weighted by Gasteiger charge is -2.63. The molecule has 1 amide bonds. The molecule has 0 spiro atoms. The summed E-state index contributed by atoms with van der Waals surface area (Å²) in [7, 11) is 0. The van der Waals surface area contributed by atoms with Crippen molar-refractivity contribution >= 4 is 11.9 Å². The third-order valence-electron chi connectivity index (χ3n) is 11.6. The zero-order chi connectivity index (χ0) is 26.6. The smallest absolute Gasteiger partial charge is 0.326 e. The molecule has 0 aromatic carbocycles. The summed E-state index contributed by atoms with van der Waals surface area (Å²) in [6.45, 7) is 10.3. The van der Waals surface area contributed by atoms with Crippen molar-refractivity contribution in [2.24, 2.45) is 52.3 Å². The van der Waals surface area contributed by atoms with Gasteiger partial charge in [0.25, 0.3) is 0 Å². The first-order chi connectivity index (χ1) is 16.8. The van der Waals surface area contributed by atoms with Crippen LogP contribution in [-0.4, -0.2) is 56.7 Å². The number of carbonyl (C=O) groups is 2. The SMILES string of the molecule is CC(C)[C@H](NC(=O)CC[C@@H](C)[C@H]1CC[C@H]2[C@@H]3[C@H](O)C[C@@H]4C[C@H](O)CC[C@]4(C)[C@H]3C[C@H](O)[C@]12C)C(=O)O. The van der Waals surface area contributed by atoms with Crippen LogP contribution in [0.15, 0.2) is 0 Å². The molecule has 0 unspecified atom stereocenters. The number of rotatable bonds is 7. The van der Waals surface area contributed by atoms with Crippen LogP contribution in [0.5, 0.6) is 0 Å². The maximum atomic E-state index is 12.6. The molecule has 4 aliphatic carbocycles. The number of carbonyl (C=O) groups excluding carboxylic acids is 1. The second-order valence-electron chi connectivity index (χ2n) is 13.7. The molecule has 0 aromatic rings. The van der Waals surface area contributed by atoms with Crippen LogP contribution in [0.25, 0.3) is 0 Å². The normalized spacial score (nSPS) is 45.8. The minimum atomic E-state index is -1.01. The number of carboxylic acids is 1. The second kappa shape index (κ2) is 10.2. The lowest BCUT2D eigenvalue weighted by atomic mass is 9.43. The average Bonchev–Trinajstić information content (AvgIpc) is 3.16. The Morgan fingerprint density at radius 3 is 2.31 bits per heavy atom. The lowest BCUT2D eigenvalue weighted by Crippen LogP contribution is -2.62. The molecule has 12 atom stereocenters. The molecule has 206 valence electrons. The van der Waals surface area contributed by atoms with E-state index in [0.29, 0.717) is 18.8 Å². The molecular weight excluding hydrogens is 458 g/mol. The molecule has 4 saturated carbocycles. The number of nitrogens with one attached hydrogen (secondary N) is 1. The third kappa shape index (κ3) is 4.62. The molecule has 0 radical (unpaired) electrons. The zero-order valence-electron chi connectivity index (χ0n) is 22.8. The fourth-order valence-electron chi connectivity index (χ4n) is 9.45. The van der Waals surface area contributed by atoms with Crippen LogP contribution in [0.4, 0.5) is 0 Å². The van der Waals surface area contributed by atoms with Gasteiger partial charge in [-0.25, -0.2) is 4.79 Å². The molecule has 0 heterocycles. The van der Waals surface area contributed by atoms with Crippen molar-refractivity contribution in [2.45, 2.75) is 117 Å². The Balaban J connectivity index is 1.46. The molecule has 0 bridgehead atoms. The van der Waals surface area contributed by atoms with Gasteiger partial charge in [-0.2, -0.15) is 0 Å². The quantitative estimate of drug-likeness (QED) is 0.358. The number of aliphatic hydroxyl groups excluding tert-OH is 3. The van der Waals surface area contributed by atoms with Crippen LogP contribution < -0.4 is 5.32 Å². The van der Waals surface area contributed by atoms with Gasteiger partial charge in [-0.3, -0.25) is 4.79 Å². The van der Waals surface area contributed by atoms with E-state index in [2.05, 4.69) is 26.1 Å². The van der Waals surface area contributed by atoms with Gasteiger partial charge in [0.05, 0.1) is 18.3 Å². The van der Waals surface area contributed by atoms with Gasteiger partial charge in [0.2, 0.25) is 5.91 Å². The standard InChI is InChI=1S/C29H49NO6/c1-15(2)26(27(35)36)30-24(34)9-6-16(3)19-7-8-20-25-21(14-23(33)29(19,20)5)28(4)11-10-18(31)12-17(28)13-22(25)32/h15-23,25-26,31-33H,6-14H2,1-5H3,(H,30,34)(H,35,36)/t16-,17+,18-,19-,20+,21+,22-,23+,25+,26+,28+,29-/m1/s1. The summed E-state index contributed by atoms with van der Waals surface area (Å²) in [6.07, 6.45) is 5.79. The van der Waals surface area contributed by atoms with Crippen LogP contribution in [-0.2, 0) is 9.59 Å². The van der Waals surface area contributed by atoms with Crippen molar-refractivity contribution in [2.75, 3.05) is 0 Å². The summed E-state index contributed by atoms with van der Waals surface area (Å²) in [5, 5.41) is 45.4. The highest BCUT2D eigenvalue weighted by atomic mass is 16.4. The van der Waals surface area contributed by atoms with Crippen LogP contribution in [0.1, 0.15) is 92.4 Å². The zero-order valence-corrected chi connectivity index (χ0v) is 22.8. The number of hydrogen-bond donors (Lipinski definition) is 5. The number of fused-ring (bicyclic) bond motifs is 5. The van der Waals surface area contributed by atoms with Gasteiger partial charge in [0.15, 0.2) is 0 Å². The maximum absolute atomic E-state index is 12.6. The van der Waals surface area contributed by atoms with Crippen LogP contribution in [0, 0.1) is 52.3 Å². The van der Waals surface area contributed by atoms with Crippen LogP contribution in [0.2, 0.25) is 0 Å². The van der Waals surface area contributed by atoms with E-state index in [1.54, 1.807) is 13.8 Å². The summed E-state index contributed by atoms with van der Waals surface area (Å²) in [6, 6.07) is -0.878. The predicted octanol–water partition coefficient (Wildman–Crippen LogP) is 3.59. The fraction of sp³-hybridized carbons (Fsp3) is 0.931. The average molecular weight is 508 g/mol. The molecule has 0 aliphatic heterocycles. The lowest BCUT2D eigenvalue weighted by molar-refractivity contribution is -0.207. The topological polar surface area (TPSA) is 127 Å². The molecule has 7 heteroatoms. The number of aliphatic carboxylic acids is 1. The van der Waals surface area contributed by atoms with Gasteiger partial charge in [0, 0.05) is 6.42 Å². The van der Waals surface area contributed by atoms with Crippen molar-refractivity contribution in [3.63, 3.8) is 0 Å². The van der Waals surface area contributed by atoms with E-state index in [0.717, 1.165) is 38.5 Å². The van der Waals surface area contributed by atoms with Gasteiger partial charge in [-0.1, -0.05) is 34.6 Å². The van der Waals surface area contributed by atoms with E-state index >= 15 is 0 Å². The van der Waals surface area contributed by atoms with E-state index in [1.165, 1.54) is 0 Å². The van der Waals surface area contributed by atoms with Gasteiger partial charge in [-0.05, 0) is 104 Å². The summed E-state index contributed by atoms with van der Waals surface area (Å²) in [5.41, 5.74) is -0.235. The molecule has 7 nitrogen and oxygen atoms in total. The van der Waals surface area contributed by atoms with E-state index in [4.69, 9.17) is 0 Å². The Bertz CT molecular complexity index is 833. The number of hydrogen-bond acceptors (Lipinski definition) is 5.